The summed E-state index contributed by atoms with van der Waals surface area (Å²) >= 11 is 6.00. The first-order valence-corrected chi connectivity index (χ1v) is 11.0. The Morgan fingerprint density at radius 1 is 0.931 bits per heavy atom. The largest absolute Gasteiger partial charge is 0.325 e. The molecule has 1 heterocycles. The van der Waals surface area contributed by atoms with Gasteiger partial charge in [0, 0.05) is 17.3 Å². The second kappa shape index (κ2) is 7.99. The van der Waals surface area contributed by atoms with E-state index in [1.165, 1.54) is 4.31 Å². The Morgan fingerprint density at radius 3 is 2.34 bits per heavy atom. The van der Waals surface area contributed by atoms with Crippen LogP contribution in [0.5, 0.6) is 0 Å². The van der Waals surface area contributed by atoms with Crippen molar-refractivity contribution in [3.8, 4) is 0 Å². The smallest absolute Gasteiger partial charge is 0.244 e. The van der Waals surface area contributed by atoms with E-state index in [0.29, 0.717) is 17.1 Å². The van der Waals surface area contributed by atoms with Crippen LogP contribution in [0, 0.1) is 0 Å². The second-order valence-corrected chi connectivity index (χ2v) is 9.18. The van der Waals surface area contributed by atoms with Crippen molar-refractivity contribution in [2.45, 2.75) is 23.9 Å². The van der Waals surface area contributed by atoms with Gasteiger partial charge in [-0.15, -0.1) is 0 Å². The maximum absolute atomic E-state index is 13.3. The highest BCUT2D eigenvalue weighted by Crippen LogP contribution is 2.30. The topological polar surface area (TPSA) is 66.5 Å². The molecule has 1 atom stereocenters. The number of amides is 1. The van der Waals surface area contributed by atoms with E-state index in [9.17, 15) is 13.2 Å². The fourth-order valence-corrected chi connectivity index (χ4v) is 5.27. The highest BCUT2D eigenvalue weighted by molar-refractivity contribution is 7.89. The lowest BCUT2D eigenvalue weighted by Crippen LogP contribution is -2.50. The van der Waals surface area contributed by atoms with Crippen LogP contribution in [0.25, 0.3) is 0 Å². The molecule has 1 unspecified atom stereocenters. The molecule has 0 radical (unpaired) electrons. The van der Waals surface area contributed by atoms with E-state index in [1.54, 1.807) is 54.6 Å². The molecular weight excluding hydrogens is 408 g/mol. The highest BCUT2D eigenvalue weighted by atomic mass is 35.5. The molecular formula is C22H19ClN2O3S. The number of hydrogen-bond donors (Lipinski definition) is 1. The summed E-state index contributed by atoms with van der Waals surface area (Å²) in [5.41, 5.74) is 2.40. The molecule has 1 N–H and O–H groups in total. The molecule has 3 aromatic carbocycles. The van der Waals surface area contributed by atoms with Crippen molar-refractivity contribution in [1.29, 1.82) is 0 Å². The minimum Gasteiger partial charge on any atom is -0.325 e. The number of hydrogen-bond acceptors (Lipinski definition) is 3. The van der Waals surface area contributed by atoms with Gasteiger partial charge in [0.2, 0.25) is 15.9 Å². The number of nitrogens with zero attached hydrogens (tertiary/aromatic N) is 1. The lowest BCUT2D eigenvalue weighted by molar-refractivity contribution is -0.120. The predicted octanol–water partition coefficient (Wildman–Crippen LogP) is 4.09. The van der Waals surface area contributed by atoms with Gasteiger partial charge >= 0.3 is 0 Å². The zero-order chi connectivity index (χ0) is 20.4. The lowest BCUT2D eigenvalue weighted by atomic mass is 9.95. The Labute approximate surface area is 175 Å². The van der Waals surface area contributed by atoms with Crippen molar-refractivity contribution in [2.24, 2.45) is 0 Å². The van der Waals surface area contributed by atoms with E-state index < -0.39 is 16.1 Å². The normalized spacial score (nSPS) is 16.8. The first-order valence-electron chi connectivity index (χ1n) is 9.15. The van der Waals surface area contributed by atoms with Crippen LogP contribution in [0.15, 0.2) is 83.8 Å². The van der Waals surface area contributed by atoms with Crippen LogP contribution in [0.1, 0.15) is 11.1 Å². The third-order valence-electron chi connectivity index (χ3n) is 4.95. The number of anilines is 1. The van der Waals surface area contributed by atoms with Crippen molar-refractivity contribution in [3.63, 3.8) is 0 Å². The van der Waals surface area contributed by atoms with Crippen molar-refractivity contribution >= 4 is 33.2 Å². The Bertz CT molecular complexity index is 1150. The van der Waals surface area contributed by atoms with Gasteiger partial charge in [-0.3, -0.25) is 4.79 Å². The molecule has 0 bridgehead atoms. The predicted molar refractivity (Wildman–Crippen MR) is 113 cm³/mol. The molecule has 0 saturated carbocycles. The summed E-state index contributed by atoms with van der Waals surface area (Å²) in [4.78, 5) is 13.3. The van der Waals surface area contributed by atoms with E-state index in [-0.39, 0.29) is 17.3 Å². The Balaban J connectivity index is 1.71. The monoisotopic (exact) mass is 426 g/mol. The van der Waals surface area contributed by atoms with Crippen molar-refractivity contribution in [2.75, 3.05) is 5.32 Å². The second-order valence-electron chi connectivity index (χ2n) is 6.85. The van der Waals surface area contributed by atoms with Crippen molar-refractivity contribution < 1.29 is 13.2 Å². The van der Waals surface area contributed by atoms with Gasteiger partial charge in [0.1, 0.15) is 6.04 Å². The highest BCUT2D eigenvalue weighted by Gasteiger charge is 2.39. The van der Waals surface area contributed by atoms with E-state index in [2.05, 4.69) is 5.32 Å². The number of carbonyl (C=O) groups excluding carboxylic acids is 1. The van der Waals surface area contributed by atoms with Gasteiger partial charge in [0.25, 0.3) is 0 Å². The third-order valence-corrected chi connectivity index (χ3v) is 7.05. The SMILES string of the molecule is O=C(Nc1cccc(Cl)c1)C1Cc2ccccc2CN1S(=O)(=O)c1ccccc1. The van der Waals surface area contributed by atoms with E-state index in [4.69, 9.17) is 11.6 Å². The van der Waals surface area contributed by atoms with Crippen LogP contribution in [0.2, 0.25) is 5.02 Å². The molecule has 0 fully saturated rings. The summed E-state index contributed by atoms with van der Waals surface area (Å²) < 4.78 is 28.0. The molecule has 0 saturated heterocycles. The molecule has 148 valence electrons. The van der Waals surface area contributed by atoms with Gasteiger partial charge in [-0.25, -0.2) is 8.42 Å². The summed E-state index contributed by atoms with van der Waals surface area (Å²) in [5.74, 6) is -0.388. The summed E-state index contributed by atoms with van der Waals surface area (Å²) in [7, 11) is -3.85. The number of carbonyl (C=O) groups is 1. The molecule has 29 heavy (non-hydrogen) atoms. The van der Waals surface area contributed by atoms with Crippen LogP contribution in [0.4, 0.5) is 5.69 Å². The maximum Gasteiger partial charge on any atom is 0.244 e. The molecule has 0 aromatic heterocycles. The van der Waals surface area contributed by atoms with E-state index in [1.807, 2.05) is 24.3 Å². The Hall–Kier alpha value is -2.67. The molecule has 3 aromatic rings. The molecule has 1 amide bonds. The van der Waals surface area contributed by atoms with Gasteiger partial charge in [-0.1, -0.05) is 60.1 Å². The fourth-order valence-electron chi connectivity index (χ4n) is 3.49. The molecule has 1 aliphatic heterocycles. The molecule has 0 spiro atoms. The number of fused-ring (bicyclic) bond motifs is 1. The number of halogens is 1. The average molecular weight is 427 g/mol. The van der Waals surface area contributed by atoms with Crippen molar-refractivity contribution in [1.82, 2.24) is 4.31 Å². The zero-order valence-corrected chi connectivity index (χ0v) is 17.0. The fraction of sp³-hybridized carbons (Fsp3) is 0.136. The molecule has 4 rings (SSSR count). The van der Waals surface area contributed by atoms with Gasteiger partial charge < -0.3 is 5.32 Å². The average Bonchev–Trinajstić information content (AvgIpc) is 2.73. The zero-order valence-electron chi connectivity index (χ0n) is 15.5. The molecule has 7 heteroatoms. The van der Waals surface area contributed by atoms with Crippen LogP contribution < -0.4 is 5.32 Å². The van der Waals surface area contributed by atoms with Gasteiger partial charge in [0.15, 0.2) is 0 Å². The number of benzene rings is 3. The van der Waals surface area contributed by atoms with Crippen LogP contribution in [-0.4, -0.2) is 24.7 Å². The Morgan fingerprint density at radius 2 is 1.62 bits per heavy atom. The van der Waals surface area contributed by atoms with Gasteiger partial charge in [-0.2, -0.15) is 4.31 Å². The summed E-state index contributed by atoms with van der Waals surface area (Å²) in [6.45, 7) is 0.140. The molecule has 5 nitrogen and oxygen atoms in total. The van der Waals surface area contributed by atoms with E-state index >= 15 is 0 Å². The minimum absolute atomic E-state index is 0.140. The third kappa shape index (κ3) is 4.05. The van der Waals surface area contributed by atoms with Crippen molar-refractivity contribution in [3.05, 3.63) is 95.0 Å². The van der Waals surface area contributed by atoms with Gasteiger partial charge in [-0.05, 0) is 47.9 Å². The number of nitrogens with one attached hydrogen (secondary N) is 1. The number of rotatable bonds is 4. The van der Waals surface area contributed by atoms with E-state index in [0.717, 1.165) is 11.1 Å². The standard InChI is InChI=1S/C22H19ClN2O3S/c23-18-9-6-10-19(14-18)24-22(26)21-13-16-7-4-5-8-17(16)15-25(21)29(27,28)20-11-2-1-3-12-20/h1-12,14,21H,13,15H2,(H,24,26). The van der Waals surface area contributed by atoms with Crippen LogP contribution in [0.3, 0.4) is 0 Å². The summed E-state index contributed by atoms with van der Waals surface area (Å²) in [6, 6.07) is 21.7. The first kappa shape index (κ1) is 19.6. The molecule has 1 aliphatic rings. The maximum atomic E-state index is 13.3. The summed E-state index contributed by atoms with van der Waals surface area (Å²) in [6.07, 6.45) is 0.300. The number of sulfonamides is 1. The van der Waals surface area contributed by atoms with Crippen LogP contribution >= 0.6 is 11.6 Å². The van der Waals surface area contributed by atoms with Crippen LogP contribution in [-0.2, 0) is 27.8 Å². The van der Waals surface area contributed by atoms with Gasteiger partial charge in [0.05, 0.1) is 4.90 Å². The lowest BCUT2D eigenvalue weighted by Gasteiger charge is -2.35. The molecule has 0 aliphatic carbocycles. The minimum atomic E-state index is -3.85. The summed E-state index contributed by atoms with van der Waals surface area (Å²) in [5, 5.41) is 3.30. The Kier molecular flexibility index (Phi) is 5.41. The quantitative estimate of drug-likeness (QED) is 0.683. The first-order chi connectivity index (χ1) is 13.9.